The average Bonchev–Trinajstić information content (AvgIpc) is 2.60. The maximum atomic E-state index is 10.7. The van der Waals surface area contributed by atoms with Crippen LogP contribution < -0.4 is 0 Å². The lowest BCUT2D eigenvalue weighted by atomic mass is 10.0. The molecule has 1 aromatic carbocycles. The molecule has 1 unspecified atom stereocenters. The summed E-state index contributed by atoms with van der Waals surface area (Å²) >= 11 is 0. The van der Waals surface area contributed by atoms with Crippen molar-refractivity contribution >= 4 is 17.4 Å². The summed E-state index contributed by atoms with van der Waals surface area (Å²) < 4.78 is 0. The van der Waals surface area contributed by atoms with Crippen LogP contribution in [0.1, 0.15) is 18.9 Å². The van der Waals surface area contributed by atoms with Gasteiger partial charge in [-0.2, -0.15) is 0 Å². The first-order chi connectivity index (χ1) is 7.66. The summed E-state index contributed by atoms with van der Waals surface area (Å²) in [6.07, 6.45) is -0.248. The van der Waals surface area contributed by atoms with Gasteiger partial charge in [0.05, 0.1) is 17.8 Å². The van der Waals surface area contributed by atoms with E-state index in [1.807, 2.05) is 37.3 Å². The SMILES string of the molecule is CC1N=C(CC(=O)O)C(c2ccccc2)=N1. The number of carboxylic acids is 1. The Balaban J connectivity index is 2.31. The van der Waals surface area contributed by atoms with Crippen LogP contribution in [0.2, 0.25) is 0 Å². The van der Waals surface area contributed by atoms with Gasteiger partial charge in [-0.3, -0.25) is 14.8 Å². The Hall–Kier alpha value is -1.97. The highest BCUT2D eigenvalue weighted by atomic mass is 16.4. The van der Waals surface area contributed by atoms with E-state index in [2.05, 4.69) is 9.98 Å². The van der Waals surface area contributed by atoms with Crippen molar-refractivity contribution in [3.05, 3.63) is 35.9 Å². The van der Waals surface area contributed by atoms with Gasteiger partial charge < -0.3 is 5.11 Å². The number of aliphatic imine (C=N–C) groups is 2. The van der Waals surface area contributed by atoms with Crippen molar-refractivity contribution in [2.75, 3.05) is 0 Å². The Labute approximate surface area is 93.4 Å². The molecule has 4 heteroatoms. The van der Waals surface area contributed by atoms with Crippen molar-refractivity contribution in [3.8, 4) is 0 Å². The first-order valence-electron chi connectivity index (χ1n) is 5.09. The molecule has 0 aliphatic carbocycles. The van der Waals surface area contributed by atoms with Crippen molar-refractivity contribution in [2.24, 2.45) is 9.98 Å². The second-order valence-corrected chi connectivity index (χ2v) is 3.62. The molecule has 1 heterocycles. The highest BCUT2D eigenvalue weighted by Crippen LogP contribution is 2.14. The molecule has 1 aromatic rings. The van der Waals surface area contributed by atoms with Crippen molar-refractivity contribution in [2.45, 2.75) is 19.5 Å². The largest absolute Gasteiger partial charge is 0.481 e. The van der Waals surface area contributed by atoms with E-state index in [9.17, 15) is 4.79 Å². The lowest BCUT2D eigenvalue weighted by Gasteiger charge is -2.02. The average molecular weight is 216 g/mol. The maximum Gasteiger partial charge on any atom is 0.309 e. The number of benzene rings is 1. The van der Waals surface area contributed by atoms with E-state index in [1.165, 1.54) is 0 Å². The Kier molecular flexibility index (Phi) is 2.81. The smallest absolute Gasteiger partial charge is 0.309 e. The fourth-order valence-corrected chi connectivity index (χ4v) is 1.69. The second-order valence-electron chi connectivity index (χ2n) is 3.62. The molecule has 1 aliphatic rings. The van der Waals surface area contributed by atoms with Gasteiger partial charge in [-0.15, -0.1) is 0 Å². The lowest BCUT2D eigenvalue weighted by Crippen LogP contribution is -2.16. The van der Waals surface area contributed by atoms with Gasteiger partial charge in [0.1, 0.15) is 6.17 Å². The second kappa shape index (κ2) is 4.26. The molecule has 0 bridgehead atoms. The molecule has 82 valence electrons. The quantitative estimate of drug-likeness (QED) is 0.836. The lowest BCUT2D eigenvalue weighted by molar-refractivity contribution is -0.135. The molecule has 2 rings (SSSR count). The van der Waals surface area contributed by atoms with Crippen LogP contribution in [-0.4, -0.2) is 28.7 Å². The molecule has 4 nitrogen and oxygen atoms in total. The Bertz CT molecular complexity index is 463. The van der Waals surface area contributed by atoms with Gasteiger partial charge in [0, 0.05) is 5.56 Å². The highest BCUT2D eigenvalue weighted by Gasteiger charge is 2.21. The molecule has 0 spiro atoms. The molecule has 0 radical (unpaired) electrons. The van der Waals surface area contributed by atoms with E-state index < -0.39 is 5.97 Å². The summed E-state index contributed by atoms with van der Waals surface area (Å²) in [5.74, 6) is -0.878. The maximum absolute atomic E-state index is 10.7. The van der Waals surface area contributed by atoms with Gasteiger partial charge in [-0.25, -0.2) is 0 Å². The van der Waals surface area contributed by atoms with Crippen LogP contribution in [0.3, 0.4) is 0 Å². The summed E-state index contributed by atoms with van der Waals surface area (Å²) in [7, 11) is 0. The predicted octanol–water partition coefficient (Wildman–Crippen LogP) is 1.75. The minimum Gasteiger partial charge on any atom is -0.481 e. The minimum atomic E-state index is -0.878. The van der Waals surface area contributed by atoms with Crippen molar-refractivity contribution < 1.29 is 9.90 Å². The van der Waals surface area contributed by atoms with Gasteiger partial charge in [0.2, 0.25) is 0 Å². The molecule has 1 N–H and O–H groups in total. The number of carboxylic acid groups (broad SMARTS) is 1. The van der Waals surface area contributed by atoms with E-state index in [4.69, 9.17) is 5.11 Å². The van der Waals surface area contributed by atoms with Crippen LogP contribution >= 0.6 is 0 Å². The number of hydrogen-bond acceptors (Lipinski definition) is 3. The van der Waals surface area contributed by atoms with Gasteiger partial charge >= 0.3 is 5.97 Å². The third kappa shape index (κ3) is 2.16. The van der Waals surface area contributed by atoms with Gasteiger partial charge in [-0.1, -0.05) is 30.3 Å². The summed E-state index contributed by atoms with van der Waals surface area (Å²) in [5, 5.41) is 8.79. The molecule has 0 saturated heterocycles. The minimum absolute atomic E-state index is 0.0714. The molecule has 0 aromatic heterocycles. The Morgan fingerprint density at radius 3 is 2.62 bits per heavy atom. The number of hydrogen-bond donors (Lipinski definition) is 1. The van der Waals surface area contributed by atoms with E-state index in [0.717, 1.165) is 5.56 Å². The first-order valence-corrected chi connectivity index (χ1v) is 5.09. The summed E-state index contributed by atoms with van der Waals surface area (Å²) in [6.45, 7) is 1.85. The molecule has 0 saturated carbocycles. The van der Waals surface area contributed by atoms with E-state index in [-0.39, 0.29) is 12.6 Å². The molecule has 0 amide bonds. The van der Waals surface area contributed by atoms with Crippen LogP contribution in [0.4, 0.5) is 0 Å². The predicted molar refractivity (Wildman–Crippen MR) is 62.1 cm³/mol. The van der Waals surface area contributed by atoms with E-state index in [0.29, 0.717) is 11.4 Å². The van der Waals surface area contributed by atoms with Gasteiger partial charge in [0.25, 0.3) is 0 Å². The van der Waals surface area contributed by atoms with Crippen LogP contribution in [0.5, 0.6) is 0 Å². The first kappa shape index (κ1) is 10.5. The van der Waals surface area contributed by atoms with Gasteiger partial charge in [-0.05, 0) is 6.92 Å². The molecule has 1 atom stereocenters. The zero-order valence-electron chi connectivity index (χ0n) is 8.92. The zero-order valence-corrected chi connectivity index (χ0v) is 8.92. The van der Waals surface area contributed by atoms with Crippen molar-refractivity contribution in [3.63, 3.8) is 0 Å². The number of rotatable bonds is 3. The van der Waals surface area contributed by atoms with Crippen LogP contribution in [0.25, 0.3) is 0 Å². The molecule has 16 heavy (non-hydrogen) atoms. The van der Waals surface area contributed by atoms with Crippen LogP contribution in [0.15, 0.2) is 40.3 Å². The van der Waals surface area contributed by atoms with Gasteiger partial charge in [0.15, 0.2) is 0 Å². The monoisotopic (exact) mass is 216 g/mol. The topological polar surface area (TPSA) is 62.0 Å². The number of nitrogens with zero attached hydrogens (tertiary/aromatic N) is 2. The number of aliphatic carboxylic acids is 1. The zero-order chi connectivity index (χ0) is 11.5. The van der Waals surface area contributed by atoms with E-state index in [1.54, 1.807) is 0 Å². The van der Waals surface area contributed by atoms with Crippen molar-refractivity contribution in [1.82, 2.24) is 0 Å². The van der Waals surface area contributed by atoms with Crippen molar-refractivity contribution in [1.29, 1.82) is 0 Å². The third-order valence-electron chi connectivity index (χ3n) is 2.30. The standard InChI is InChI=1S/C12H12N2O2/c1-8-13-10(7-11(15)16)12(14-8)9-5-3-2-4-6-9/h2-6,8H,7H2,1H3,(H,15,16). The molecular formula is C12H12N2O2. The highest BCUT2D eigenvalue weighted by molar-refractivity contribution is 6.51. The van der Waals surface area contributed by atoms with Crippen LogP contribution in [-0.2, 0) is 4.79 Å². The fourth-order valence-electron chi connectivity index (χ4n) is 1.69. The normalized spacial score (nSPS) is 19.2. The third-order valence-corrected chi connectivity index (χ3v) is 2.30. The summed E-state index contributed by atoms with van der Waals surface area (Å²) in [6, 6.07) is 9.54. The van der Waals surface area contributed by atoms with Crippen LogP contribution in [0, 0.1) is 0 Å². The summed E-state index contributed by atoms with van der Waals surface area (Å²) in [4.78, 5) is 19.3. The molecular weight excluding hydrogens is 204 g/mol. The molecule has 1 aliphatic heterocycles. The Morgan fingerprint density at radius 2 is 2.00 bits per heavy atom. The fraction of sp³-hybridized carbons (Fsp3) is 0.250. The summed E-state index contributed by atoms with van der Waals surface area (Å²) in [5.41, 5.74) is 2.19. The molecule has 0 fully saturated rings. The number of carbonyl (C=O) groups is 1. The Morgan fingerprint density at radius 1 is 1.31 bits per heavy atom. The van der Waals surface area contributed by atoms with E-state index >= 15 is 0 Å².